The van der Waals surface area contributed by atoms with Crippen molar-refractivity contribution >= 4 is 54.5 Å². The average Bonchev–Trinajstić information content (AvgIpc) is 3.26. The predicted octanol–water partition coefficient (Wildman–Crippen LogP) is 2.19. The van der Waals surface area contributed by atoms with Crippen molar-refractivity contribution in [3.8, 4) is 0 Å². The lowest BCUT2D eigenvalue weighted by atomic mass is 9.96. The number of hydrogen-bond acceptors (Lipinski definition) is 7. The van der Waals surface area contributed by atoms with Gasteiger partial charge in [-0.05, 0) is 69.6 Å². The largest absolute Gasteiger partial charge is 0.355 e. The fourth-order valence-corrected chi connectivity index (χ4v) is 5.44. The zero-order valence-corrected chi connectivity index (χ0v) is 23.7. The molecule has 206 valence electrons. The molecule has 0 bridgehead atoms. The lowest BCUT2D eigenvalue weighted by Gasteiger charge is -2.38. The molecule has 38 heavy (non-hydrogen) atoms. The summed E-state index contributed by atoms with van der Waals surface area (Å²) < 4.78 is 0. The number of carbonyl (C=O) groups is 2. The molecule has 1 unspecified atom stereocenters. The fraction of sp³-hybridized carbons (Fsp3) is 0.654. The van der Waals surface area contributed by atoms with Crippen molar-refractivity contribution in [3.63, 3.8) is 0 Å². The first-order valence-electron chi connectivity index (χ1n) is 13.6. The molecule has 2 N–H and O–H groups in total. The van der Waals surface area contributed by atoms with Crippen LogP contribution in [-0.2, 0) is 9.59 Å². The van der Waals surface area contributed by atoms with Crippen molar-refractivity contribution < 1.29 is 9.59 Å². The molecule has 0 aromatic heterocycles. The van der Waals surface area contributed by atoms with E-state index in [-0.39, 0.29) is 17.7 Å². The van der Waals surface area contributed by atoms with E-state index in [0.29, 0.717) is 54.3 Å². The topological polar surface area (TPSA) is 83.5 Å². The first-order valence-corrected chi connectivity index (χ1v) is 14.3. The van der Waals surface area contributed by atoms with Gasteiger partial charge in [0.1, 0.15) is 5.84 Å². The van der Waals surface area contributed by atoms with Gasteiger partial charge in [0.15, 0.2) is 7.98 Å². The number of carbonyl (C=O) groups excluding carboxylic acids is 2. The minimum absolute atomic E-state index is 0.0222. The summed E-state index contributed by atoms with van der Waals surface area (Å²) in [6.45, 7) is 10.6. The molecule has 2 fully saturated rings. The zero-order valence-electron chi connectivity index (χ0n) is 22.2. The van der Waals surface area contributed by atoms with Crippen LogP contribution in [0.15, 0.2) is 23.3 Å². The van der Waals surface area contributed by atoms with Gasteiger partial charge in [-0.3, -0.25) is 19.5 Å². The van der Waals surface area contributed by atoms with Crippen LogP contribution in [0.3, 0.4) is 0 Å². The summed E-state index contributed by atoms with van der Waals surface area (Å²) in [6.07, 6.45) is 3.15. The molecule has 0 spiro atoms. The molecule has 2 amide bonds. The molecule has 0 aliphatic carbocycles. The number of nitrogens with one attached hydrogen (secondary N) is 2. The highest BCUT2D eigenvalue weighted by molar-refractivity contribution is 6.42. The van der Waals surface area contributed by atoms with Crippen molar-refractivity contribution in [2.75, 3.05) is 70.5 Å². The van der Waals surface area contributed by atoms with Crippen molar-refractivity contribution in [1.29, 1.82) is 0 Å². The molecule has 1 aromatic rings. The third-order valence-electron chi connectivity index (χ3n) is 7.51. The van der Waals surface area contributed by atoms with Crippen molar-refractivity contribution in [2.24, 2.45) is 16.9 Å². The van der Waals surface area contributed by atoms with E-state index in [1.54, 1.807) is 12.1 Å². The van der Waals surface area contributed by atoms with Gasteiger partial charge in [-0.2, -0.15) is 5.10 Å². The number of hydrogen-bond donors (Lipinski definition) is 2. The summed E-state index contributed by atoms with van der Waals surface area (Å²) in [6, 6.07) is 5.35. The second kappa shape index (κ2) is 14.0. The minimum Gasteiger partial charge on any atom is -0.355 e. The van der Waals surface area contributed by atoms with E-state index >= 15 is 0 Å². The first-order chi connectivity index (χ1) is 18.3. The predicted molar refractivity (Wildman–Crippen MR) is 154 cm³/mol. The number of amidine groups is 1. The molecule has 3 aliphatic heterocycles. The molecular formula is C26H38BCl2N7O2. The summed E-state index contributed by atoms with van der Waals surface area (Å²) in [4.78, 5) is 31.5. The zero-order chi connectivity index (χ0) is 27.1. The Labute approximate surface area is 237 Å². The van der Waals surface area contributed by atoms with Crippen LogP contribution < -0.4 is 15.6 Å². The van der Waals surface area contributed by atoms with Crippen LogP contribution in [-0.4, -0.2) is 106 Å². The van der Waals surface area contributed by atoms with E-state index in [2.05, 4.69) is 25.5 Å². The lowest BCUT2D eigenvalue weighted by Crippen LogP contribution is -2.48. The first kappa shape index (κ1) is 29.1. The molecule has 1 aromatic carbocycles. The van der Waals surface area contributed by atoms with E-state index < -0.39 is 0 Å². The van der Waals surface area contributed by atoms with E-state index in [4.69, 9.17) is 31.2 Å². The Bertz CT molecular complexity index is 998. The third-order valence-corrected chi connectivity index (χ3v) is 8.25. The van der Waals surface area contributed by atoms with Gasteiger partial charge in [0.2, 0.25) is 11.8 Å². The molecule has 3 heterocycles. The highest BCUT2D eigenvalue weighted by atomic mass is 35.5. The summed E-state index contributed by atoms with van der Waals surface area (Å²) in [7, 11) is 5.85. The Morgan fingerprint density at radius 2 is 1.76 bits per heavy atom. The number of hydrazone groups is 1. The molecule has 3 aliphatic rings. The van der Waals surface area contributed by atoms with E-state index in [0.717, 1.165) is 64.3 Å². The molecular weight excluding hydrogens is 524 g/mol. The maximum atomic E-state index is 12.5. The highest BCUT2D eigenvalue weighted by Gasteiger charge is 2.26. The van der Waals surface area contributed by atoms with Gasteiger partial charge in [-0.1, -0.05) is 30.1 Å². The maximum Gasteiger partial charge on any atom is 0.234 e. The second-order valence-corrected chi connectivity index (χ2v) is 11.4. The van der Waals surface area contributed by atoms with Crippen LogP contribution in [0.4, 0.5) is 5.69 Å². The Morgan fingerprint density at radius 3 is 2.47 bits per heavy atom. The van der Waals surface area contributed by atoms with Crippen LogP contribution >= 0.6 is 23.2 Å². The molecule has 12 heteroatoms. The highest BCUT2D eigenvalue weighted by Crippen LogP contribution is 2.29. The number of halogens is 2. The third kappa shape index (κ3) is 8.58. The number of anilines is 1. The number of amides is 2. The maximum absolute atomic E-state index is 12.5. The molecule has 2 saturated heterocycles. The van der Waals surface area contributed by atoms with Crippen molar-refractivity contribution in [1.82, 2.24) is 25.2 Å². The Hall–Kier alpha value is -1.85. The average molecular weight is 562 g/mol. The summed E-state index contributed by atoms with van der Waals surface area (Å²) in [5, 5.41) is 13.2. The van der Waals surface area contributed by atoms with Gasteiger partial charge in [-0.15, -0.1) is 0 Å². The van der Waals surface area contributed by atoms with Gasteiger partial charge in [0, 0.05) is 38.5 Å². The number of piperidine rings is 1. The van der Waals surface area contributed by atoms with E-state index in [9.17, 15) is 9.59 Å². The molecule has 1 atom stereocenters. The quantitative estimate of drug-likeness (QED) is 0.355. The van der Waals surface area contributed by atoms with Crippen LogP contribution in [0.5, 0.6) is 0 Å². The Kier molecular flexibility index (Phi) is 10.7. The second-order valence-electron chi connectivity index (χ2n) is 10.6. The summed E-state index contributed by atoms with van der Waals surface area (Å²) in [5.41, 5.74) is 0.827. The van der Waals surface area contributed by atoms with Crippen molar-refractivity contribution in [3.05, 3.63) is 28.2 Å². The van der Waals surface area contributed by atoms with Crippen LogP contribution in [0.1, 0.15) is 32.6 Å². The van der Waals surface area contributed by atoms with Gasteiger partial charge in [0.05, 0.1) is 28.8 Å². The van der Waals surface area contributed by atoms with Gasteiger partial charge >= 0.3 is 0 Å². The van der Waals surface area contributed by atoms with E-state index in [1.165, 1.54) is 0 Å². The molecule has 0 saturated carbocycles. The minimum atomic E-state index is -0.101. The number of rotatable bonds is 9. The Morgan fingerprint density at radius 1 is 1.03 bits per heavy atom. The lowest BCUT2D eigenvalue weighted by molar-refractivity contribution is -0.123. The number of likely N-dealkylation sites (tertiary alicyclic amines) is 1. The van der Waals surface area contributed by atoms with E-state index in [1.807, 2.05) is 22.8 Å². The molecule has 2 radical (unpaired) electrons. The standard InChI is InChI=1S/C26H38BCl2N7O2/c1-19-16-36(21-4-5-22(28)23(29)15-21)32-26(19)31-24(37)3-2-8-30-25(38)18-33-9-6-20(7-10-33)17-34-11-13-35(27)14-12-34/h4-5,15,19-20H,2-3,6-14,16-18H2,1H3,(H,30,38)(H,31,32,37). The normalized spacial score (nSPS) is 21.9. The number of nitrogens with zero attached hydrogens (tertiary/aromatic N) is 5. The van der Waals surface area contributed by atoms with Crippen LogP contribution in [0, 0.1) is 11.8 Å². The van der Waals surface area contributed by atoms with Crippen LogP contribution in [0.2, 0.25) is 10.0 Å². The van der Waals surface area contributed by atoms with Crippen molar-refractivity contribution in [2.45, 2.75) is 32.6 Å². The molecule has 4 rings (SSSR count). The fourth-order valence-electron chi connectivity index (χ4n) is 5.15. The van der Waals surface area contributed by atoms with Gasteiger partial charge < -0.3 is 20.3 Å². The number of benzene rings is 1. The SMILES string of the molecule is [B]N1CCN(CC2CCN(CC(=O)NCCCC(=O)NC3=NN(c4ccc(Cl)c(Cl)c4)CC3C)CC2)CC1. The molecule has 9 nitrogen and oxygen atoms in total. The summed E-state index contributed by atoms with van der Waals surface area (Å²) >= 11 is 12.1. The Balaban J connectivity index is 1.08. The van der Waals surface area contributed by atoms with Gasteiger partial charge in [0.25, 0.3) is 0 Å². The number of piperazine rings is 1. The smallest absolute Gasteiger partial charge is 0.234 e. The van der Waals surface area contributed by atoms with Crippen LogP contribution in [0.25, 0.3) is 0 Å². The monoisotopic (exact) mass is 561 g/mol. The summed E-state index contributed by atoms with van der Waals surface area (Å²) in [5.74, 6) is 1.33. The van der Waals surface area contributed by atoms with Gasteiger partial charge in [-0.25, -0.2) is 0 Å².